The lowest BCUT2D eigenvalue weighted by Gasteiger charge is -2.08. The summed E-state index contributed by atoms with van der Waals surface area (Å²) in [5, 5.41) is 2.69. The molecule has 1 aromatic heterocycles. The van der Waals surface area contributed by atoms with E-state index in [9.17, 15) is 4.79 Å². The lowest BCUT2D eigenvalue weighted by Crippen LogP contribution is -2.23. The highest BCUT2D eigenvalue weighted by Gasteiger charge is 2.04. The predicted octanol–water partition coefficient (Wildman–Crippen LogP) is 3.27. The molecule has 0 saturated heterocycles. The van der Waals surface area contributed by atoms with Crippen LogP contribution < -0.4 is 5.32 Å². The minimum atomic E-state index is -0.437. The first-order valence-electron chi connectivity index (χ1n) is 5.78. The summed E-state index contributed by atoms with van der Waals surface area (Å²) in [6.07, 6.45) is 2.93. The van der Waals surface area contributed by atoms with Crippen LogP contribution in [0.5, 0.6) is 0 Å². The van der Waals surface area contributed by atoms with Crippen molar-refractivity contribution < 1.29 is 9.53 Å². The molecule has 0 aliphatic heterocycles. The van der Waals surface area contributed by atoms with E-state index in [1.165, 1.54) is 0 Å². The van der Waals surface area contributed by atoms with Crippen molar-refractivity contribution in [3.05, 3.63) is 64.4 Å². The maximum Gasteiger partial charge on any atom is 0.407 e. The average Bonchev–Trinajstić information content (AvgIpc) is 2.45. The van der Waals surface area contributed by atoms with Crippen molar-refractivity contribution >= 4 is 22.0 Å². The minimum absolute atomic E-state index is 0.268. The number of nitrogens with zero attached hydrogens (tertiary/aromatic N) is 1. The zero-order valence-electron chi connectivity index (χ0n) is 10.2. The molecular weight excluding hydrogens is 308 g/mol. The lowest BCUT2D eigenvalue weighted by atomic mass is 10.2. The van der Waals surface area contributed by atoms with Gasteiger partial charge < -0.3 is 10.1 Å². The van der Waals surface area contributed by atoms with E-state index in [1.807, 2.05) is 36.4 Å². The third kappa shape index (κ3) is 4.37. The Labute approximate surface area is 119 Å². The maximum absolute atomic E-state index is 11.5. The molecule has 0 aliphatic carbocycles. The second-order valence-corrected chi connectivity index (χ2v) is 4.74. The summed E-state index contributed by atoms with van der Waals surface area (Å²) in [6, 6.07) is 11.4. The number of aromatic nitrogens is 1. The van der Waals surface area contributed by atoms with Gasteiger partial charge in [0.25, 0.3) is 0 Å². The smallest absolute Gasteiger partial charge is 0.407 e. The Morgan fingerprint density at radius 3 is 2.79 bits per heavy atom. The number of hydrogen-bond donors (Lipinski definition) is 1. The number of alkyl carbamates (subject to hydrolysis) is 1. The summed E-state index contributed by atoms with van der Waals surface area (Å²) in [5.41, 5.74) is 1.91. The van der Waals surface area contributed by atoms with Gasteiger partial charge in [0.05, 0.1) is 0 Å². The van der Waals surface area contributed by atoms with Crippen LogP contribution in [0, 0.1) is 0 Å². The Hall–Kier alpha value is -1.88. The summed E-state index contributed by atoms with van der Waals surface area (Å²) in [4.78, 5) is 15.5. The second kappa shape index (κ2) is 6.89. The molecule has 5 heteroatoms. The number of carbonyl (C=O) groups excluding carboxylic acids is 1. The normalized spacial score (nSPS) is 9.95. The van der Waals surface area contributed by atoms with Crippen LogP contribution >= 0.6 is 15.9 Å². The quantitative estimate of drug-likeness (QED) is 0.940. The van der Waals surface area contributed by atoms with Crippen molar-refractivity contribution in [2.24, 2.45) is 0 Å². The van der Waals surface area contributed by atoms with Gasteiger partial charge in [0.1, 0.15) is 6.61 Å². The van der Waals surface area contributed by atoms with Crippen molar-refractivity contribution in [1.29, 1.82) is 0 Å². The zero-order chi connectivity index (χ0) is 13.5. The molecule has 98 valence electrons. The monoisotopic (exact) mass is 320 g/mol. The van der Waals surface area contributed by atoms with Crippen LogP contribution in [0.15, 0.2) is 53.3 Å². The van der Waals surface area contributed by atoms with Crippen LogP contribution in [-0.2, 0) is 17.9 Å². The van der Waals surface area contributed by atoms with Crippen molar-refractivity contribution in [2.75, 3.05) is 0 Å². The fraction of sp³-hybridized carbons (Fsp3) is 0.143. The van der Waals surface area contributed by atoms with E-state index in [2.05, 4.69) is 26.2 Å². The van der Waals surface area contributed by atoms with Gasteiger partial charge in [0, 0.05) is 23.4 Å². The molecule has 0 radical (unpaired) electrons. The molecule has 0 atom stereocenters. The standard InChI is InChI=1S/C14H13BrN2O2/c15-13-9-16-7-6-12(13)8-17-14(18)19-10-11-4-2-1-3-5-11/h1-7,9H,8,10H2,(H,17,18). The molecule has 0 aliphatic rings. The van der Waals surface area contributed by atoms with Gasteiger partial charge in [0.15, 0.2) is 0 Å². The first kappa shape index (κ1) is 13.5. The van der Waals surface area contributed by atoms with Gasteiger partial charge in [-0.2, -0.15) is 0 Å². The topological polar surface area (TPSA) is 51.2 Å². The van der Waals surface area contributed by atoms with E-state index in [4.69, 9.17) is 4.74 Å². The molecule has 2 rings (SSSR count). The van der Waals surface area contributed by atoms with E-state index in [-0.39, 0.29) is 6.61 Å². The van der Waals surface area contributed by atoms with E-state index in [0.717, 1.165) is 15.6 Å². The predicted molar refractivity (Wildman–Crippen MR) is 75.4 cm³/mol. The number of nitrogens with one attached hydrogen (secondary N) is 1. The van der Waals surface area contributed by atoms with E-state index >= 15 is 0 Å². The molecule has 19 heavy (non-hydrogen) atoms. The van der Waals surface area contributed by atoms with Gasteiger partial charge >= 0.3 is 6.09 Å². The molecule has 1 aromatic carbocycles. The van der Waals surface area contributed by atoms with Crippen molar-refractivity contribution in [1.82, 2.24) is 10.3 Å². The highest BCUT2D eigenvalue weighted by molar-refractivity contribution is 9.10. The number of carbonyl (C=O) groups is 1. The fourth-order valence-corrected chi connectivity index (χ4v) is 1.88. The van der Waals surface area contributed by atoms with Gasteiger partial charge in [-0.3, -0.25) is 4.98 Å². The highest BCUT2D eigenvalue weighted by Crippen LogP contribution is 2.13. The maximum atomic E-state index is 11.5. The molecule has 0 spiro atoms. The van der Waals surface area contributed by atoms with Crippen LogP contribution in [-0.4, -0.2) is 11.1 Å². The Morgan fingerprint density at radius 2 is 2.05 bits per heavy atom. The second-order valence-electron chi connectivity index (χ2n) is 3.88. The Kier molecular flexibility index (Phi) is 4.92. The first-order valence-corrected chi connectivity index (χ1v) is 6.58. The van der Waals surface area contributed by atoms with E-state index in [0.29, 0.717) is 6.54 Å². The number of amides is 1. The highest BCUT2D eigenvalue weighted by atomic mass is 79.9. The van der Waals surface area contributed by atoms with Gasteiger partial charge in [-0.05, 0) is 33.1 Å². The van der Waals surface area contributed by atoms with Crippen molar-refractivity contribution in [3.63, 3.8) is 0 Å². The van der Waals surface area contributed by atoms with Crippen LogP contribution in [0.1, 0.15) is 11.1 Å². The Balaban J connectivity index is 1.78. The van der Waals surface area contributed by atoms with Crippen LogP contribution in [0.4, 0.5) is 4.79 Å². The van der Waals surface area contributed by atoms with Crippen LogP contribution in [0.3, 0.4) is 0 Å². The molecular formula is C14H13BrN2O2. The number of halogens is 1. The van der Waals surface area contributed by atoms with Gasteiger partial charge in [-0.25, -0.2) is 4.79 Å². The number of rotatable bonds is 4. The number of benzene rings is 1. The fourth-order valence-electron chi connectivity index (χ4n) is 1.49. The van der Waals surface area contributed by atoms with E-state index in [1.54, 1.807) is 12.4 Å². The third-order valence-corrected chi connectivity index (χ3v) is 3.21. The summed E-state index contributed by atoms with van der Waals surface area (Å²) >= 11 is 3.37. The Morgan fingerprint density at radius 1 is 1.26 bits per heavy atom. The molecule has 4 nitrogen and oxygen atoms in total. The molecule has 1 amide bonds. The third-order valence-electron chi connectivity index (χ3n) is 2.49. The molecule has 0 saturated carbocycles. The molecule has 2 aromatic rings. The van der Waals surface area contributed by atoms with Crippen LogP contribution in [0.25, 0.3) is 0 Å². The summed E-state index contributed by atoms with van der Waals surface area (Å²) in [5.74, 6) is 0. The molecule has 1 heterocycles. The number of pyridine rings is 1. The summed E-state index contributed by atoms with van der Waals surface area (Å²) < 4.78 is 5.97. The molecule has 0 fully saturated rings. The first-order chi connectivity index (χ1) is 9.25. The van der Waals surface area contributed by atoms with Gasteiger partial charge in [-0.15, -0.1) is 0 Å². The SMILES string of the molecule is O=C(NCc1ccncc1Br)OCc1ccccc1. The molecule has 0 bridgehead atoms. The zero-order valence-corrected chi connectivity index (χ0v) is 11.8. The van der Waals surface area contributed by atoms with Gasteiger partial charge in [-0.1, -0.05) is 30.3 Å². The Bertz CT molecular complexity index is 546. The van der Waals surface area contributed by atoms with Crippen molar-refractivity contribution in [2.45, 2.75) is 13.2 Å². The molecule has 0 unspecified atom stereocenters. The summed E-state index contributed by atoms with van der Waals surface area (Å²) in [7, 11) is 0. The van der Waals surface area contributed by atoms with Crippen LogP contribution in [0.2, 0.25) is 0 Å². The molecule has 1 N–H and O–H groups in total. The average molecular weight is 321 g/mol. The van der Waals surface area contributed by atoms with E-state index < -0.39 is 6.09 Å². The number of ether oxygens (including phenoxy) is 1. The van der Waals surface area contributed by atoms with Gasteiger partial charge in [0.2, 0.25) is 0 Å². The number of hydrogen-bond acceptors (Lipinski definition) is 3. The lowest BCUT2D eigenvalue weighted by molar-refractivity contribution is 0.139. The van der Waals surface area contributed by atoms with Crippen molar-refractivity contribution in [3.8, 4) is 0 Å². The minimum Gasteiger partial charge on any atom is -0.445 e. The largest absolute Gasteiger partial charge is 0.445 e. The summed E-state index contributed by atoms with van der Waals surface area (Å²) in [6.45, 7) is 0.668.